The van der Waals surface area contributed by atoms with Crippen molar-refractivity contribution in [3.8, 4) is 6.07 Å². The summed E-state index contributed by atoms with van der Waals surface area (Å²) >= 11 is 0. The molecule has 2 aliphatic rings. The number of hydrogen-bond donors (Lipinski definition) is 0. The van der Waals surface area contributed by atoms with Crippen molar-refractivity contribution < 1.29 is 0 Å². The van der Waals surface area contributed by atoms with Crippen molar-refractivity contribution in [3.63, 3.8) is 0 Å². The summed E-state index contributed by atoms with van der Waals surface area (Å²) in [5.41, 5.74) is 4.22. The van der Waals surface area contributed by atoms with Gasteiger partial charge in [-0.2, -0.15) is 5.26 Å². The third-order valence-electron chi connectivity index (χ3n) is 3.76. The zero-order valence-electron chi connectivity index (χ0n) is 11.4. The number of rotatable bonds is 2. The second-order valence-electron chi connectivity index (χ2n) is 5.20. The zero-order chi connectivity index (χ0) is 13.9. The first-order valence-corrected chi connectivity index (χ1v) is 6.81. The highest BCUT2D eigenvalue weighted by atomic mass is 15.3. The highest BCUT2D eigenvalue weighted by molar-refractivity contribution is 5.38. The molecule has 1 fully saturated rings. The molecule has 0 N–H and O–H groups in total. The molecular formula is C17H17N3. The van der Waals surface area contributed by atoms with Crippen LogP contribution in [0.5, 0.6) is 0 Å². The molecule has 0 radical (unpaired) electrons. The van der Waals surface area contributed by atoms with E-state index in [1.54, 1.807) is 0 Å². The molecule has 1 aromatic rings. The van der Waals surface area contributed by atoms with Crippen LogP contribution in [-0.2, 0) is 6.54 Å². The maximum absolute atomic E-state index is 9.16. The molecule has 0 atom stereocenters. The lowest BCUT2D eigenvalue weighted by atomic mass is 10.1. The van der Waals surface area contributed by atoms with Gasteiger partial charge in [0.1, 0.15) is 0 Å². The fourth-order valence-corrected chi connectivity index (χ4v) is 2.68. The molecule has 3 rings (SSSR count). The molecule has 100 valence electrons. The fraction of sp³-hybridized carbons (Fsp3) is 0.235. The second kappa shape index (κ2) is 5.36. The van der Waals surface area contributed by atoms with E-state index in [2.05, 4.69) is 34.7 Å². The van der Waals surface area contributed by atoms with Gasteiger partial charge in [-0.1, -0.05) is 24.8 Å². The maximum Gasteiger partial charge on any atom is 0.0995 e. The van der Waals surface area contributed by atoms with Gasteiger partial charge in [0.05, 0.1) is 11.6 Å². The first kappa shape index (κ1) is 12.7. The normalized spacial score (nSPS) is 18.4. The minimum atomic E-state index is 0.775. The van der Waals surface area contributed by atoms with Crippen molar-refractivity contribution in [1.82, 2.24) is 9.80 Å². The Morgan fingerprint density at radius 2 is 2.10 bits per heavy atom. The van der Waals surface area contributed by atoms with Gasteiger partial charge in [-0.15, -0.1) is 0 Å². The average Bonchev–Trinajstić information content (AvgIpc) is 2.47. The van der Waals surface area contributed by atoms with Gasteiger partial charge in [-0.05, 0) is 29.4 Å². The van der Waals surface area contributed by atoms with Crippen LogP contribution >= 0.6 is 0 Å². The molecule has 20 heavy (non-hydrogen) atoms. The Balaban J connectivity index is 1.74. The molecule has 0 amide bonds. The summed E-state index contributed by atoms with van der Waals surface area (Å²) in [5, 5.41) is 9.16. The van der Waals surface area contributed by atoms with E-state index < -0.39 is 0 Å². The molecule has 3 nitrogen and oxygen atoms in total. The minimum Gasteiger partial charge on any atom is -0.349 e. The van der Waals surface area contributed by atoms with Gasteiger partial charge in [0.25, 0.3) is 0 Å². The van der Waals surface area contributed by atoms with E-state index in [1.165, 1.54) is 5.70 Å². The first-order chi connectivity index (χ1) is 9.76. The summed E-state index contributed by atoms with van der Waals surface area (Å²) in [4.78, 5) is 4.66. The van der Waals surface area contributed by atoms with Crippen molar-refractivity contribution in [2.24, 2.45) is 0 Å². The van der Waals surface area contributed by atoms with E-state index in [0.717, 1.165) is 42.9 Å². The fourth-order valence-electron chi connectivity index (χ4n) is 2.68. The van der Waals surface area contributed by atoms with Crippen LogP contribution in [0.3, 0.4) is 0 Å². The molecule has 0 bridgehead atoms. The number of fused-ring (bicyclic) bond motifs is 1. The molecule has 0 aromatic heterocycles. The molecule has 2 aliphatic heterocycles. The largest absolute Gasteiger partial charge is 0.349 e. The van der Waals surface area contributed by atoms with Crippen LogP contribution in [0.2, 0.25) is 0 Å². The lowest BCUT2D eigenvalue weighted by Gasteiger charge is -2.37. The van der Waals surface area contributed by atoms with Crippen molar-refractivity contribution in [2.45, 2.75) is 6.54 Å². The number of nitriles is 1. The van der Waals surface area contributed by atoms with Crippen molar-refractivity contribution in [2.75, 3.05) is 19.6 Å². The molecule has 3 heteroatoms. The summed E-state index contributed by atoms with van der Waals surface area (Å²) in [5.74, 6) is 0. The first-order valence-electron chi connectivity index (χ1n) is 6.81. The van der Waals surface area contributed by atoms with Crippen molar-refractivity contribution in [1.29, 1.82) is 5.26 Å². The predicted molar refractivity (Wildman–Crippen MR) is 79.5 cm³/mol. The third kappa shape index (κ3) is 2.52. The quantitative estimate of drug-likeness (QED) is 0.821. The number of allylic oxidation sites excluding steroid dienone is 3. The number of hydrogen-bond acceptors (Lipinski definition) is 3. The zero-order valence-corrected chi connectivity index (χ0v) is 11.4. The highest BCUT2D eigenvalue weighted by Gasteiger charge is 2.21. The Kier molecular flexibility index (Phi) is 3.41. The van der Waals surface area contributed by atoms with E-state index in [0.29, 0.717) is 0 Å². The number of benzene rings is 1. The van der Waals surface area contributed by atoms with Gasteiger partial charge in [0.2, 0.25) is 0 Å². The number of piperazine rings is 1. The summed E-state index contributed by atoms with van der Waals surface area (Å²) in [6, 6.07) is 10.1. The van der Waals surface area contributed by atoms with E-state index in [-0.39, 0.29) is 0 Å². The van der Waals surface area contributed by atoms with Gasteiger partial charge < -0.3 is 4.90 Å². The molecule has 1 aromatic carbocycles. The summed E-state index contributed by atoms with van der Waals surface area (Å²) < 4.78 is 0. The molecule has 0 unspecified atom stereocenters. The van der Waals surface area contributed by atoms with Crippen LogP contribution in [0, 0.1) is 11.3 Å². The van der Waals surface area contributed by atoms with Gasteiger partial charge in [-0.3, -0.25) is 4.90 Å². The molecule has 0 saturated carbocycles. The highest BCUT2D eigenvalue weighted by Crippen LogP contribution is 2.22. The van der Waals surface area contributed by atoms with E-state index in [1.807, 2.05) is 30.3 Å². The summed E-state index contributed by atoms with van der Waals surface area (Å²) in [6.07, 6.45) is 6.30. The molecular weight excluding hydrogens is 246 g/mol. The Morgan fingerprint density at radius 3 is 2.95 bits per heavy atom. The SMILES string of the molecule is C=C1C=CN2CCN(Cc3ccccc3C#N)CC2=C1. The smallest absolute Gasteiger partial charge is 0.0995 e. The lowest BCUT2D eigenvalue weighted by molar-refractivity contribution is 0.200. The topological polar surface area (TPSA) is 30.3 Å². The standard InChI is InChI=1S/C17H17N3/c1-14-6-7-20-9-8-19(13-17(20)10-14)12-16-5-3-2-4-15(16)11-18/h2-7,10H,1,8-9,12-13H2. The van der Waals surface area contributed by atoms with Crippen molar-refractivity contribution in [3.05, 3.63) is 71.6 Å². The van der Waals surface area contributed by atoms with Crippen LogP contribution in [0.1, 0.15) is 11.1 Å². The molecule has 1 saturated heterocycles. The van der Waals surface area contributed by atoms with Gasteiger partial charge >= 0.3 is 0 Å². The van der Waals surface area contributed by atoms with Crippen molar-refractivity contribution >= 4 is 0 Å². The molecule has 0 spiro atoms. The summed E-state index contributed by atoms with van der Waals surface area (Å²) in [6.45, 7) is 7.72. The van der Waals surface area contributed by atoms with Crippen LogP contribution in [-0.4, -0.2) is 29.4 Å². The molecule has 0 aliphatic carbocycles. The number of nitrogens with zero attached hydrogens (tertiary/aromatic N) is 3. The van der Waals surface area contributed by atoms with E-state index in [4.69, 9.17) is 5.26 Å². The van der Waals surface area contributed by atoms with Gasteiger partial charge in [0.15, 0.2) is 0 Å². The summed E-state index contributed by atoms with van der Waals surface area (Å²) in [7, 11) is 0. The third-order valence-corrected chi connectivity index (χ3v) is 3.76. The Labute approximate surface area is 119 Å². The van der Waals surface area contributed by atoms with Gasteiger partial charge in [-0.25, -0.2) is 0 Å². The van der Waals surface area contributed by atoms with Crippen LogP contribution in [0.4, 0.5) is 0 Å². The minimum absolute atomic E-state index is 0.775. The van der Waals surface area contributed by atoms with E-state index in [9.17, 15) is 0 Å². The van der Waals surface area contributed by atoms with Gasteiger partial charge in [0, 0.05) is 38.1 Å². The predicted octanol–water partition coefficient (Wildman–Crippen LogP) is 2.64. The Hall–Kier alpha value is -2.31. The van der Waals surface area contributed by atoms with Crippen LogP contribution in [0.25, 0.3) is 0 Å². The van der Waals surface area contributed by atoms with Crippen LogP contribution in [0.15, 0.2) is 60.5 Å². The average molecular weight is 263 g/mol. The monoisotopic (exact) mass is 263 g/mol. The Morgan fingerprint density at radius 1 is 1.25 bits per heavy atom. The van der Waals surface area contributed by atoms with Crippen LogP contribution < -0.4 is 0 Å². The van der Waals surface area contributed by atoms with E-state index >= 15 is 0 Å². The lowest BCUT2D eigenvalue weighted by Crippen LogP contribution is -2.42. The maximum atomic E-state index is 9.16. The Bertz CT molecular complexity index is 634. The second-order valence-corrected chi connectivity index (χ2v) is 5.20. The molecule has 2 heterocycles.